The number of halogens is 3. The highest BCUT2D eigenvalue weighted by atomic mass is 32.1. The molecule has 1 unspecified atom stereocenters. The van der Waals surface area contributed by atoms with Gasteiger partial charge in [-0.2, -0.15) is 29.6 Å². The summed E-state index contributed by atoms with van der Waals surface area (Å²) < 4.78 is 39.1. The minimum Gasteiger partial charge on any atom is -0.350 e. The predicted molar refractivity (Wildman–Crippen MR) is 102 cm³/mol. The van der Waals surface area contributed by atoms with Crippen molar-refractivity contribution in [2.45, 2.75) is 12.2 Å². The molecule has 2 heterocycles. The average molecular weight is 408 g/mol. The first-order valence-electron chi connectivity index (χ1n) is 8.46. The molecule has 28 heavy (non-hydrogen) atoms. The predicted octanol–water partition coefficient (Wildman–Crippen LogP) is 3.99. The van der Waals surface area contributed by atoms with Gasteiger partial charge in [0.25, 0.3) is 5.91 Å². The lowest BCUT2D eigenvalue weighted by Crippen LogP contribution is -2.34. The first-order valence-corrected chi connectivity index (χ1v) is 9.40. The maximum Gasteiger partial charge on any atom is 0.435 e. The molecule has 9 heteroatoms. The quantitative estimate of drug-likeness (QED) is 0.671. The highest BCUT2D eigenvalue weighted by molar-refractivity contribution is 7.07. The van der Waals surface area contributed by atoms with Gasteiger partial charge in [-0.3, -0.25) is 4.79 Å². The van der Waals surface area contributed by atoms with E-state index in [0.717, 1.165) is 16.3 Å². The monoisotopic (exact) mass is 408 g/mol. The third kappa shape index (κ3) is 4.60. The summed E-state index contributed by atoms with van der Waals surface area (Å²) in [4.78, 5) is 14.5. The normalized spacial score (nSPS) is 12.9. The Kier molecular flexibility index (Phi) is 5.85. The van der Waals surface area contributed by atoms with Gasteiger partial charge in [0.1, 0.15) is 0 Å². The van der Waals surface area contributed by atoms with E-state index in [-0.39, 0.29) is 11.9 Å². The van der Waals surface area contributed by atoms with Gasteiger partial charge in [-0.25, -0.2) is 4.68 Å². The molecule has 0 saturated carbocycles. The van der Waals surface area contributed by atoms with Crippen LogP contribution < -0.4 is 5.32 Å². The Morgan fingerprint density at radius 3 is 2.46 bits per heavy atom. The van der Waals surface area contributed by atoms with Gasteiger partial charge in [0.2, 0.25) is 0 Å². The number of hydrogen-bond donors (Lipinski definition) is 1. The van der Waals surface area contributed by atoms with E-state index in [4.69, 9.17) is 0 Å². The van der Waals surface area contributed by atoms with Gasteiger partial charge in [0.15, 0.2) is 5.69 Å². The lowest BCUT2D eigenvalue weighted by atomic mass is 10.1. The Balaban J connectivity index is 1.66. The maximum atomic E-state index is 12.7. The fraction of sp³-hybridized carbons (Fsp3) is 0.263. The summed E-state index contributed by atoms with van der Waals surface area (Å²) >= 11 is 1.60. The smallest absolute Gasteiger partial charge is 0.350 e. The molecule has 3 aromatic rings. The number of carbonyl (C=O) groups excluding carboxylic acids is 1. The van der Waals surface area contributed by atoms with Crippen LogP contribution in [0.3, 0.4) is 0 Å². The molecule has 0 saturated heterocycles. The first-order chi connectivity index (χ1) is 13.3. The molecule has 0 aliphatic heterocycles. The van der Waals surface area contributed by atoms with Crippen molar-refractivity contribution in [3.8, 4) is 5.69 Å². The second-order valence-corrected chi connectivity index (χ2v) is 7.22. The molecule has 3 rings (SSSR count). The largest absolute Gasteiger partial charge is 0.435 e. The van der Waals surface area contributed by atoms with Gasteiger partial charge in [-0.05, 0) is 66.8 Å². The maximum absolute atomic E-state index is 12.7. The molecule has 0 aliphatic carbocycles. The van der Waals surface area contributed by atoms with Crippen molar-refractivity contribution in [3.63, 3.8) is 0 Å². The summed E-state index contributed by atoms with van der Waals surface area (Å²) in [5.74, 6) is -0.245. The highest BCUT2D eigenvalue weighted by Gasteiger charge is 2.33. The molecule has 0 aliphatic rings. The van der Waals surface area contributed by atoms with Gasteiger partial charge in [0.05, 0.1) is 11.7 Å². The van der Waals surface area contributed by atoms with Gasteiger partial charge in [-0.1, -0.05) is 0 Å². The summed E-state index contributed by atoms with van der Waals surface area (Å²) in [6.45, 7) is 0.443. The van der Waals surface area contributed by atoms with Gasteiger partial charge < -0.3 is 10.2 Å². The molecule has 0 spiro atoms. The average Bonchev–Trinajstić information content (AvgIpc) is 3.33. The molecule has 0 radical (unpaired) electrons. The van der Waals surface area contributed by atoms with E-state index in [1.165, 1.54) is 6.20 Å². The summed E-state index contributed by atoms with van der Waals surface area (Å²) in [6, 6.07) is 9.24. The molecule has 1 aromatic carbocycles. The number of rotatable bonds is 6. The van der Waals surface area contributed by atoms with Crippen LogP contribution in [0.1, 0.15) is 27.7 Å². The number of aromatic nitrogens is 2. The number of nitrogens with zero attached hydrogens (tertiary/aromatic N) is 3. The van der Waals surface area contributed by atoms with Crippen molar-refractivity contribution in [1.82, 2.24) is 20.0 Å². The third-order valence-corrected chi connectivity index (χ3v) is 4.98. The number of likely N-dealkylation sites (N-methyl/N-ethyl adjacent to an activating group) is 1. The number of carbonyl (C=O) groups is 1. The van der Waals surface area contributed by atoms with Crippen LogP contribution in [-0.2, 0) is 6.18 Å². The zero-order valence-corrected chi connectivity index (χ0v) is 16.1. The number of hydrogen-bond acceptors (Lipinski definition) is 4. The number of thiophene rings is 1. The zero-order chi connectivity index (χ0) is 20.3. The Hall–Kier alpha value is -2.65. The van der Waals surface area contributed by atoms with E-state index in [2.05, 4.69) is 10.4 Å². The van der Waals surface area contributed by atoms with E-state index >= 15 is 0 Å². The number of amides is 1. The summed E-state index contributed by atoms with van der Waals surface area (Å²) in [5.41, 5.74) is 1.04. The Bertz CT molecular complexity index is 918. The van der Waals surface area contributed by atoms with Crippen LogP contribution >= 0.6 is 11.3 Å². The minimum absolute atomic E-state index is 0.0549. The lowest BCUT2D eigenvalue weighted by molar-refractivity contribution is -0.141. The molecule has 1 amide bonds. The van der Waals surface area contributed by atoms with Gasteiger partial charge >= 0.3 is 6.18 Å². The minimum atomic E-state index is -4.49. The molecule has 1 N–H and O–H groups in total. The van der Waals surface area contributed by atoms with Crippen LogP contribution in [0.5, 0.6) is 0 Å². The van der Waals surface area contributed by atoms with Crippen LogP contribution in [-0.4, -0.2) is 41.2 Å². The molecular weight excluding hydrogens is 389 g/mol. The second kappa shape index (κ2) is 8.15. The standard InChI is InChI=1S/C19H19F3N4OS/c1-25(2)16(14-8-10-28-12-14)11-23-18(27)13-3-5-15(6-4-13)26-9-7-17(24-26)19(20,21)22/h3-10,12,16H,11H2,1-2H3,(H,23,27). The molecule has 0 bridgehead atoms. The fourth-order valence-corrected chi connectivity index (χ4v) is 3.45. The van der Waals surface area contributed by atoms with Gasteiger partial charge in [-0.15, -0.1) is 0 Å². The van der Waals surface area contributed by atoms with Crippen molar-refractivity contribution in [2.75, 3.05) is 20.6 Å². The van der Waals surface area contributed by atoms with Crippen LogP contribution in [0.4, 0.5) is 13.2 Å². The summed E-state index contributed by atoms with van der Waals surface area (Å²) in [7, 11) is 3.89. The second-order valence-electron chi connectivity index (χ2n) is 6.44. The van der Waals surface area contributed by atoms with Crippen LogP contribution in [0, 0.1) is 0 Å². The topological polar surface area (TPSA) is 50.2 Å². The molecular formula is C19H19F3N4OS. The van der Waals surface area contributed by atoms with Crippen molar-refractivity contribution in [3.05, 3.63) is 70.2 Å². The third-order valence-electron chi connectivity index (χ3n) is 4.28. The number of benzene rings is 1. The van der Waals surface area contributed by atoms with Gasteiger partial charge in [0, 0.05) is 18.3 Å². The number of nitrogens with one attached hydrogen (secondary N) is 1. The Morgan fingerprint density at radius 1 is 1.21 bits per heavy atom. The van der Waals surface area contributed by atoms with Crippen LogP contribution in [0.2, 0.25) is 0 Å². The van der Waals surface area contributed by atoms with E-state index in [9.17, 15) is 18.0 Å². The molecule has 5 nitrogen and oxygen atoms in total. The van der Waals surface area contributed by atoms with Crippen molar-refractivity contribution in [2.24, 2.45) is 0 Å². The first kappa shape index (κ1) is 20.1. The van der Waals surface area contributed by atoms with E-state index in [0.29, 0.717) is 17.8 Å². The van der Waals surface area contributed by atoms with E-state index in [1.807, 2.05) is 35.8 Å². The fourth-order valence-electron chi connectivity index (χ4n) is 2.74. The van der Waals surface area contributed by atoms with E-state index in [1.54, 1.807) is 35.6 Å². The van der Waals surface area contributed by atoms with Crippen molar-refractivity contribution >= 4 is 17.2 Å². The number of alkyl halides is 3. The summed E-state index contributed by atoms with van der Waals surface area (Å²) in [5, 5.41) is 10.5. The molecule has 0 fully saturated rings. The van der Waals surface area contributed by atoms with Crippen molar-refractivity contribution in [1.29, 1.82) is 0 Å². The van der Waals surface area contributed by atoms with Crippen LogP contribution in [0.25, 0.3) is 5.69 Å². The summed E-state index contributed by atoms with van der Waals surface area (Å²) in [6.07, 6.45) is -3.25. The highest BCUT2D eigenvalue weighted by Crippen LogP contribution is 2.28. The molecule has 1 atom stereocenters. The van der Waals surface area contributed by atoms with E-state index < -0.39 is 11.9 Å². The molecule has 2 aromatic heterocycles. The lowest BCUT2D eigenvalue weighted by Gasteiger charge is -2.24. The zero-order valence-electron chi connectivity index (χ0n) is 15.3. The Labute approximate surface area is 164 Å². The van der Waals surface area contributed by atoms with Crippen molar-refractivity contribution < 1.29 is 18.0 Å². The Morgan fingerprint density at radius 2 is 1.93 bits per heavy atom. The van der Waals surface area contributed by atoms with Crippen LogP contribution in [0.15, 0.2) is 53.4 Å². The molecule has 148 valence electrons. The SMILES string of the molecule is CN(C)C(CNC(=O)c1ccc(-n2ccc(C(F)(F)F)n2)cc1)c1ccsc1.